The van der Waals surface area contributed by atoms with E-state index in [0.717, 1.165) is 0 Å². The van der Waals surface area contributed by atoms with E-state index in [1.165, 1.54) is 18.2 Å². The lowest BCUT2D eigenvalue weighted by Gasteiger charge is -2.23. The smallest absolute Gasteiger partial charge is 0.333 e. The first kappa shape index (κ1) is 11.4. The molecule has 0 saturated carbocycles. The van der Waals surface area contributed by atoms with Gasteiger partial charge in [0.15, 0.2) is 0 Å². The fraction of sp³-hybridized carbons (Fsp3) is 0.333. The molecule has 1 rings (SSSR count). The molecule has 6 nitrogen and oxygen atoms in total. The van der Waals surface area contributed by atoms with Crippen LogP contribution in [0.3, 0.4) is 0 Å². The van der Waals surface area contributed by atoms with Crippen LogP contribution in [-0.2, 0) is 14.3 Å². The summed E-state index contributed by atoms with van der Waals surface area (Å²) in [6, 6.07) is -0.841. The zero-order valence-corrected chi connectivity index (χ0v) is 7.79. The average molecular weight is 213 g/mol. The summed E-state index contributed by atoms with van der Waals surface area (Å²) in [6.07, 6.45) is 3.67. The molecule has 0 saturated heterocycles. The van der Waals surface area contributed by atoms with Gasteiger partial charge in [-0.3, -0.25) is 0 Å². The molecule has 4 N–H and O–H groups in total. The van der Waals surface area contributed by atoms with Gasteiger partial charge >= 0.3 is 11.9 Å². The predicted octanol–water partition coefficient (Wildman–Crippen LogP) is -0.636. The highest BCUT2D eigenvalue weighted by molar-refractivity contribution is 5.89. The molecule has 0 unspecified atom stereocenters. The van der Waals surface area contributed by atoms with E-state index in [9.17, 15) is 9.59 Å². The van der Waals surface area contributed by atoms with Crippen molar-refractivity contribution in [3.05, 3.63) is 23.8 Å². The molecular weight excluding hydrogens is 202 g/mol. The third-order valence-electron chi connectivity index (χ3n) is 1.94. The van der Waals surface area contributed by atoms with Crippen LogP contribution in [0.2, 0.25) is 0 Å². The lowest BCUT2D eigenvalue weighted by atomic mass is 9.97. The molecule has 0 radical (unpaired) electrons. The van der Waals surface area contributed by atoms with Crippen LogP contribution >= 0.6 is 0 Å². The molecule has 0 heterocycles. The van der Waals surface area contributed by atoms with Crippen molar-refractivity contribution in [1.82, 2.24) is 0 Å². The summed E-state index contributed by atoms with van der Waals surface area (Å²) in [7, 11) is 0. The second kappa shape index (κ2) is 4.72. The number of carboxylic acids is 2. The number of carboxylic acid groups (broad SMARTS) is 2. The van der Waals surface area contributed by atoms with Crippen molar-refractivity contribution in [1.29, 1.82) is 0 Å². The van der Waals surface area contributed by atoms with Crippen LogP contribution in [0.25, 0.3) is 0 Å². The Morgan fingerprint density at radius 3 is 2.67 bits per heavy atom. The highest BCUT2D eigenvalue weighted by atomic mass is 16.5. The number of rotatable bonds is 4. The van der Waals surface area contributed by atoms with E-state index >= 15 is 0 Å². The summed E-state index contributed by atoms with van der Waals surface area (Å²) in [4.78, 5) is 20.9. The van der Waals surface area contributed by atoms with Gasteiger partial charge in [-0.2, -0.15) is 0 Å². The number of hydrogen-bond acceptors (Lipinski definition) is 4. The lowest BCUT2D eigenvalue weighted by Crippen LogP contribution is -2.41. The van der Waals surface area contributed by atoms with Gasteiger partial charge in [0, 0.05) is 0 Å². The summed E-state index contributed by atoms with van der Waals surface area (Å²) >= 11 is 0. The number of aliphatic carboxylic acids is 2. The number of carbonyl (C=O) groups is 2. The van der Waals surface area contributed by atoms with Gasteiger partial charge in [-0.25, -0.2) is 9.59 Å². The standard InChI is InChI=1S/C9H11NO5/c10-8-5(9(13)14)2-1-3-6(8)15-4-7(11)12/h1-3,6,8H,4,10H2,(H,11,12)(H,13,14)/t6-,8-/m1/s1. The van der Waals surface area contributed by atoms with Crippen molar-refractivity contribution in [2.45, 2.75) is 12.1 Å². The molecule has 0 aromatic heterocycles. The van der Waals surface area contributed by atoms with E-state index in [2.05, 4.69) is 0 Å². The van der Waals surface area contributed by atoms with Crippen molar-refractivity contribution in [2.75, 3.05) is 6.61 Å². The van der Waals surface area contributed by atoms with Gasteiger partial charge in [0.2, 0.25) is 0 Å². The third-order valence-corrected chi connectivity index (χ3v) is 1.94. The fourth-order valence-electron chi connectivity index (χ4n) is 1.22. The molecule has 6 heteroatoms. The minimum absolute atomic E-state index is 0.00730. The largest absolute Gasteiger partial charge is 0.480 e. The van der Waals surface area contributed by atoms with Crippen molar-refractivity contribution in [3.63, 3.8) is 0 Å². The number of allylic oxidation sites excluding steroid dienone is 2. The zero-order valence-electron chi connectivity index (χ0n) is 7.79. The quantitative estimate of drug-likeness (QED) is 0.573. The van der Waals surface area contributed by atoms with Gasteiger partial charge in [0.05, 0.1) is 17.7 Å². The summed E-state index contributed by atoms with van der Waals surface area (Å²) in [5.74, 6) is -2.25. The molecule has 0 bridgehead atoms. The van der Waals surface area contributed by atoms with Crippen molar-refractivity contribution < 1.29 is 24.5 Å². The maximum Gasteiger partial charge on any atom is 0.333 e. The molecule has 0 spiro atoms. The van der Waals surface area contributed by atoms with E-state index in [1.807, 2.05) is 0 Å². The van der Waals surface area contributed by atoms with Crippen LogP contribution in [0.4, 0.5) is 0 Å². The molecule has 0 aromatic rings. The van der Waals surface area contributed by atoms with Crippen molar-refractivity contribution >= 4 is 11.9 Å². The molecule has 2 atom stereocenters. The topological polar surface area (TPSA) is 110 Å². The minimum Gasteiger partial charge on any atom is -0.480 e. The van der Waals surface area contributed by atoms with Gasteiger partial charge in [0.1, 0.15) is 6.61 Å². The predicted molar refractivity (Wildman–Crippen MR) is 50.2 cm³/mol. The Bertz CT molecular complexity index is 333. The Hall–Kier alpha value is -1.66. The molecule has 15 heavy (non-hydrogen) atoms. The second-order valence-electron chi connectivity index (χ2n) is 3.01. The molecular formula is C9H11NO5. The monoisotopic (exact) mass is 213 g/mol. The SMILES string of the molecule is N[C@@H]1C(C(=O)O)=CC=C[C@H]1OCC(=O)O. The van der Waals surface area contributed by atoms with Crippen molar-refractivity contribution in [2.24, 2.45) is 5.73 Å². The van der Waals surface area contributed by atoms with Gasteiger partial charge in [-0.1, -0.05) is 18.2 Å². The Labute approximate surface area is 85.6 Å². The van der Waals surface area contributed by atoms with Crippen molar-refractivity contribution in [3.8, 4) is 0 Å². The Balaban J connectivity index is 2.64. The Kier molecular flexibility index (Phi) is 3.59. The van der Waals surface area contributed by atoms with Crippen LogP contribution in [0, 0.1) is 0 Å². The third kappa shape index (κ3) is 2.90. The second-order valence-corrected chi connectivity index (χ2v) is 3.01. The van der Waals surface area contributed by atoms with Crippen LogP contribution in [0.1, 0.15) is 0 Å². The number of nitrogens with two attached hydrogens (primary N) is 1. The molecule has 0 aromatic carbocycles. The maximum absolute atomic E-state index is 10.7. The first-order chi connectivity index (χ1) is 7.02. The number of ether oxygens (including phenoxy) is 1. The molecule has 0 amide bonds. The van der Waals surface area contributed by atoms with Gasteiger partial charge in [-0.15, -0.1) is 0 Å². The van der Waals surface area contributed by atoms with Crippen LogP contribution in [-0.4, -0.2) is 40.9 Å². The average Bonchev–Trinajstić information content (AvgIpc) is 2.15. The van der Waals surface area contributed by atoms with E-state index in [-0.39, 0.29) is 5.57 Å². The van der Waals surface area contributed by atoms with Crippen LogP contribution in [0.5, 0.6) is 0 Å². The highest BCUT2D eigenvalue weighted by Gasteiger charge is 2.26. The normalized spacial score (nSPS) is 24.7. The molecule has 82 valence electrons. The summed E-state index contributed by atoms with van der Waals surface area (Å²) in [5.41, 5.74) is 5.60. The summed E-state index contributed by atoms with van der Waals surface area (Å²) < 4.78 is 4.92. The summed E-state index contributed by atoms with van der Waals surface area (Å²) in [6.45, 7) is -0.504. The Morgan fingerprint density at radius 2 is 2.13 bits per heavy atom. The molecule has 0 fully saturated rings. The van der Waals surface area contributed by atoms with Gasteiger partial charge in [0.25, 0.3) is 0 Å². The Morgan fingerprint density at radius 1 is 1.47 bits per heavy atom. The van der Waals surface area contributed by atoms with E-state index in [1.54, 1.807) is 0 Å². The minimum atomic E-state index is -1.13. The molecule has 0 aliphatic heterocycles. The van der Waals surface area contributed by atoms with E-state index in [0.29, 0.717) is 0 Å². The van der Waals surface area contributed by atoms with E-state index < -0.39 is 30.7 Å². The molecule has 1 aliphatic carbocycles. The van der Waals surface area contributed by atoms with Gasteiger partial charge < -0.3 is 20.7 Å². The lowest BCUT2D eigenvalue weighted by molar-refractivity contribution is -0.143. The van der Waals surface area contributed by atoms with Gasteiger partial charge in [-0.05, 0) is 0 Å². The number of hydrogen-bond donors (Lipinski definition) is 3. The van der Waals surface area contributed by atoms with Crippen LogP contribution in [0.15, 0.2) is 23.8 Å². The van der Waals surface area contributed by atoms with Crippen LogP contribution < -0.4 is 5.73 Å². The first-order valence-corrected chi connectivity index (χ1v) is 4.23. The highest BCUT2D eigenvalue weighted by Crippen LogP contribution is 2.14. The fourth-order valence-corrected chi connectivity index (χ4v) is 1.22. The molecule has 1 aliphatic rings. The van der Waals surface area contributed by atoms with E-state index in [4.69, 9.17) is 20.7 Å². The maximum atomic E-state index is 10.7. The zero-order chi connectivity index (χ0) is 11.4. The first-order valence-electron chi connectivity index (χ1n) is 4.23. The summed E-state index contributed by atoms with van der Waals surface area (Å²) in [5, 5.41) is 17.1.